The van der Waals surface area contributed by atoms with Gasteiger partial charge in [-0.15, -0.1) is 0 Å². The largest absolute Gasteiger partial charge is 0.356 e. The lowest BCUT2D eigenvalue weighted by atomic mass is 10.1. The van der Waals surface area contributed by atoms with E-state index >= 15 is 0 Å². The third-order valence-electron chi connectivity index (χ3n) is 4.67. The van der Waals surface area contributed by atoms with Crippen molar-refractivity contribution in [2.45, 2.75) is 25.7 Å². The quantitative estimate of drug-likeness (QED) is 0.776. The number of nitrogens with one attached hydrogen (secondary N) is 1. The average Bonchev–Trinajstić information content (AvgIpc) is 3.04. The average molecular weight is 354 g/mol. The van der Waals surface area contributed by atoms with Gasteiger partial charge in [0, 0.05) is 19.5 Å². The first kappa shape index (κ1) is 18.1. The summed E-state index contributed by atoms with van der Waals surface area (Å²) in [6.07, 6.45) is 3.00. The number of aryl methyl sites for hydroxylation is 1. The van der Waals surface area contributed by atoms with Gasteiger partial charge in [-0.3, -0.25) is 9.59 Å². The molecule has 1 atom stereocenters. The van der Waals surface area contributed by atoms with Crippen LogP contribution < -0.4 is 10.2 Å². The van der Waals surface area contributed by atoms with Crippen LogP contribution in [0.3, 0.4) is 0 Å². The molecule has 26 heavy (non-hydrogen) atoms. The molecule has 0 aliphatic carbocycles. The topological polar surface area (TPSA) is 49.4 Å². The molecule has 0 unspecified atom stereocenters. The number of para-hydroxylation sites is 1. The van der Waals surface area contributed by atoms with E-state index in [2.05, 4.69) is 17.4 Å². The highest BCUT2D eigenvalue weighted by molar-refractivity contribution is 6.00. The molecule has 1 aliphatic heterocycles. The number of amides is 2. The predicted molar refractivity (Wildman–Crippen MR) is 99.2 cm³/mol. The summed E-state index contributed by atoms with van der Waals surface area (Å²) in [4.78, 5) is 25.8. The van der Waals surface area contributed by atoms with E-state index in [-0.39, 0.29) is 30.5 Å². The molecule has 3 rings (SSSR count). The predicted octanol–water partition coefficient (Wildman–Crippen LogP) is 3.32. The van der Waals surface area contributed by atoms with Gasteiger partial charge in [0.2, 0.25) is 11.8 Å². The van der Waals surface area contributed by atoms with Crippen LogP contribution in [0, 0.1) is 11.7 Å². The minimum atomic E-state index is -0.442. The first-order valence-electron chi connectivity index (χ1n) is 9.01. The van der Waals surface area contributed by atoms with Gasteiger partial charge in [-0.05, 0) is 37.0 Å². The highest BCUT2D eigenvalue weighted by Crippen LogP contribution is 2.27. The highest BCUT2D eigenvalue weighted by Gasteiger charge is 2.35. The third kappa shape index (κ3) is 4.48. The van der Waals surface area contributed by atoms with Gasteiger partial charge in [-0.2, -0.15) is 0 Å². The van der Waals surface area contributed by atoms with Crippen molar-refractivity contribution in [1.82, 2.24) is 5.32 Å². The summed E-state index contributed by atoms with van der Waals surface area (Å²) >= 11 is 0. The number of nitrogens with zero attached hydrogens (tertiary/aromatic N) is 1. The van der Waals surface area contributed by atoms with Crippen molar-refractivity contribution in [3.63, 3.8) is 0 Å². The fourth-order valence-corrected chi connectivity index (χ4v) is 3.24. The van der Waals surface area contributed by atoms with Gasteiger partial charge in [-0.1, -0.05) is 42.5 Å². The van der Waals surface area contributed by atoms with E-state index in [9.17, 15) is 14.0 Å². The van der Waals surface area contributed by atoms with Gasteiger partial charge in [0.25, 0.3) is 0 Å². The number of carbonyl (C=O) groups is 2. The van der Waals surface area contributed by atoms with Crippen LogP contribution in [-0.2, 0) is 16.0 Å². The first-order chi connectivity index (χ1) is 12.6. The molecule has 5 heteroatoms. The molecule has 0 spiro atoms. The molecule has 0 aromatic heterocycles. The molecule has 4 nitrogen and oxygen atoms in total. The van der Waals surface area contributed by atoms with Crippen molar-refractivity contribution in [2.75, 3.05) is 18.0 Å². The monoisotopic (exact) mass is 354 g/mol. The van der Waals surface area contributed by atoms with Gasteiger partial charge in [0.05, 0.1) is 11.6 Å². The zero-order chi connectivity index (χ0) is 18.4. The Labute approximate surface area is 153 Å². The second-order valence-corrected chi connectivity index (χ2v) is 6.59. The minimum Gasteiger partial charge on any atom is -0.356 e. The molecule has 1 fully saturated rings. The van der Waals surface area contributed by atoms with Gasteiger partial charge >= 0.3 is 0 Å². The number of anilines is 1. The minimum absolute atomic E-state index is 0.128. The number of benzene rings is 2. The van der Waals surface area contributed by atoms with Crippen LogP contribution in [-0.4, -0.2) is 24.9 Å². The Hall–Kier alpha value is -2.69. The molecule has 1 N–H and O–H groups in total. The lowest BCUT2D eigenvalue weighted by molar-refractivity contribution is -0.126. The maximum Gasteiger partial charge on any atom is 0.227 e. The number of hydrogen-bond acceptors (Lipinski definition) is 2. The smallest absolute Gasteiger partial charge is 0.227 e. The van der Waals surface area contributed by atoms with Crippen molar-refractivity contribution in [2.24, 2.45) is 5.92 Å². The van der Waals surface area contributed by atoms with E-state index < -0.39 is 11.7 Å². The molecule has 2 amide bonds. The Morgan fingerprint density at radius 3 is 2.58 bits per heavy atom. The summed E-state index contributed by atoms with van der Waals surface area (Å²) in [6.45, 7) is 0.825. The molecule has 0 radical (unpaired) electrons. The number of halogens is 1. The lowest BCUT2D eigenvalue weighted by Crippen LogP contribution is -2.33. The number of unbranched alkanes of at least 4 members (excludes halogenated alkanes) is 1. The van der Waals surface area contributed by atoms with Crippen LogP contribution in [0.1, 0.15) is 24.8 Å². The zero-order valence-corrected chi connectivity index (χ0v) is 14.7. The Kier molecular flexibility index (Phi) is 6.00. The summed E-state index contributed by atoms with van der Waals surface area (Å²) in [5.41, 5.74) is 1.54. The van der Waals surface area contributed by atoms with Crippen LogP contribution >= 0.6 is 0 Å². The van der Waals surface area contributed by atoms with E-state index in [1.807, 2.05) is 18.2 Å². The molecule has 0 saturated carbocycles. The van der Waals surface area contributed by atoms with Gasteiger partial charge in [0.15, 0.2) is 0 Å². The fraction of sp³-hybridized carbons (Fsp3) is 0.333. The first-order valence-corrected chi connectivity index (χ1v) is 9.01. The van der Waals surface area contributed by atoms with Crippen LogP contribution in [0.5, 0.6) is 0 Å². The van der Waals surface area contributed by atoms with Gasteiger partial charge in [-0.25, -0.2) is 4.39 Å². The highest BCUT2D eigenvalue weighted by atomic mass is 19.1. The van der Waals surface area contributed by atoms with Crippen LogP contribution in [0.2, 0.25) is 0 Å². The van der Waals surface area contributed by atoms with E-state index in [0.29, 0.717) is 6.54 Å². The Bertz CT molecular complexity index is 764. The Morgan fingerprint density at radius 2 is 1.81 bits per heavy atom. The third-order valence-corrected chi connectivity index (χ3v) is 4.67. The normalized spacial score (nSPS) is 16.7. The number of carbonyl (C=O) groups excluding carboxylic acids is 2. The molecule has 0 bridgehead atoms. The Morgan fingerprint density at radius 1 is 1.08 bits per heavy atom. The SMILES string of the molecule is O=C(NCCCCc1ccccc1)[C@@H]1CC(=O)N(c2ccccc2F)C1. The van der Waals surface area contributed by atoms with Crippen molar-refractivity contribution >= 4 is 17.5 Å². The maximum atomic E-state index is 13.9. The van der Waals surface area contributed by atoms with Crippen LogP contribution in [0.25, 0.3) is 0 Å². The molecular weight excluding hydrogens is 331 g/mol. The molecular formula is C21H23FN2O2. The van der Waals surface area contributed by atoms with E-state index in [1.165, 1.54) is 16.5 Å². The summed E-state index contributed by atoms with van der Waals surface area (Å²) in [7, 11) is 0. The molecule has 1 saturated heterocycles. The summed E-state index contributed by atoms with van der Waals surface area (Å²) in [5, 5.41) is 2.91. The van der Waals surface area contributed by atoms with Crippen molar-refractivity contribution in [3.05, 3.63) is 66.0 Å². The van der Waals surface area contributed by atoms with E-state index in [0.717, 1.165) is 19.3 Å². The maximum absolute atomic E-state index is 13.9. The van der Waals surface area contributed by atoms with Crippen molar-refractivity contribution < 1.29 is 14.0 Å². The van der Waals surface area contributed by atoms with Crippen molar-refractivity contribution in [1.29, 1.82) is 0 Å². The molecule has 136 valence electrons. The van der Waals surface area contributed by atoms with Crippen molar-refractivity contribution in [3.8, 4) is 0 Å². The summed E-state index contributed by atoms with van der Waals surface area (Å²) in [6, 6.07) is 16.4. The standard InChI is InChI=1S/C21H23FN2O2/c22-18-11-4-5-12-19(18)24-15-17(14-20(24)25)21(26)23-13-7-6-10-16-8-2-1-3-9-16/h1-5,8-9,11-12,17H,6-7,10,13-15H2,(H,23,26)/t17-/m1/s1. The summed E-state index contributed by atoms with van der Waals surface area (Å²) < 4.78 is 13.9. The van der Waals surface area contributed by atoms with E-state index in [4.69, 9.17) is 0 Å². The van der Waals surface area contributed by atoms with Gasteiger partial charge < -0.3 is 10.2 Å². The fourth-order valence-electron chi connectivity index (χ4n) is 3.24. The van der Waals surface area contributed by atoms with E-state index in [1.54, 1.807) is 18.2 Å². The lowest BCUT2D eigenvalue weighted by Gasteiger charge is -2.17. The van der Waals surface area contributed by atoms with Crippen LogP contribution in [0.4, 0.5) is 10.1 Å². The van der Waals surface area contributed by atoms with Gasteiger partial charge in [0.1, 0.15) is 5.82 Å². The molecule has 2 aromatic carbocycles. The number of rotatable bonds is 7. The molecule has 1 heterocycles. The second-order valence-electron chi connectivity index (χ2n) is 6.59. The zero-order valence-electron chi connectivity index (χ0n) is 14.7. The van der Waals surface area contributed by atoms with Crippen LogP contribution in [0.15, 0.2) is 54.6 Å². The second kappa shape index (κ2) is 8.61. The molecule has 1 aliphatic rings. The number of hydrogen-bond donors (Lipinski definition) is 1. The Balaban J connectivity index is 1.43. The summed E-state index contributed by atoms with van der Waals surface area (Å²) in [5.74, 6) is -1.20. The molecule has 2 aromatic rings.